The van der Waals surface area contributed by atoms with Crippen LogP contribution in [0.15, 0.2) is 36.4 Å². The zero-order valence-electron chi connectivity index (χ0n) is 11.9. The average molecular weight is 287 g/mol. The van der Waals surface area contributed by atoms with Gasteiger partial charge in [-0.3, -0.25) is 0 Å². The topological polar surface area (TPSA) is 26.0 Å². The number of aryl methyl sites for hydroxylation is 2. The maximum atomic E-state index is 13.7. The van der Waals surface area contributed by atoms with Gasteiger partial charge in [0.1, 0.15) is 11.6 Å². The van der Waals surface area contributed by atoms with Gasteiger partial charge >= 0.3 is 0 Å². The summed E-state index contributed by atoms with van der Waals surface area (Å²) in [6, 6.07) is 9.75. The quantitative estimate of drug-likeness (QED) is 0.904. The molecule has 2 aromatic rings. The van der Waals surface area contributed by atoms with Gasteiger partial charge in [0, 0.05) is 11.6 Å². The first-order valence-corrected chi connectivity index (χ1v) is 7.45. The molecule has 3 rings (SSSR count). The molecule has 0 fully saturated rings. The Labute approximate surface area is 123 Å². The van der Waals surface area contributed by atoms with E-state index in [1.807, 2.05) is 6.07 Å². The van der Waals surface area contributed by atoms with Crippen molar-refractivity contribution in [3.63, 3.8) is 0 Å². The second-order valence-electron chi connectivity index (χ2n) is 5.75. The van der Waals surface area contributed by atoms with Crippen LogP contribution >= 0.6 is 0 Å². The van der Waals surface area contributed by atoms with E-state index in [0.29, 0.717) is 0 Å². The molecule has 110 valence electrons. The third-order valence-corrected chi connectivity index (χ3v) is 4.29. The minimum absolute atomic E-state index is 0.0720. The van der Waals surface area contributed by atoms with E-state index in [1.54, 1.807) is 0 Å². The highest BCUT2D eigenvalue weighted by Gasteiger charge is 2.16. The highest BCUT2D eigenvalue weighted by atomic mass is 19.1. The summed E-state index contributed by atoms with van der Waals surface area (Å²) in [7, 11) is 0. The second kappa shape index (κ2) is 5.94. The molecule has 1 unspecified atom stereocenters. The molecule has 0 aliphatic heterocycles. The van der Waals surface area contributed by atoms with Crippen LogP contribution in [-0.4, -0.2) is 0 Å². The van der Waals surface area contributed by atoms with E-state index in [2.05, 4.69) is 12.1 Å². The van der Waals surface area contributed by atoms with Crippen LogP contribution in [0.5, 0.6) is 0 Å². The second-order valence-corrected chi connectivity index (χ2v) is 5.75. The summed E-state index contributed by atoms with van der Waals surface area (Å²) in [5.74, 6) is -1.05. The van der Waals surface area contributed by atoms with Crippen molar-refractivity contribution in [2.24, 2.45) is 5.73 Å². The first kappa shape index (κ1) is 14.2. The van der Waals surface area contributed by atoms with Crippen molar-refractivity contribution in [1.82, 2.24) is 0 Å². The number of benzene rings is 2. The molecule has 1 aliphatic rings. The van der Waals surface area contributed by atoms with Crippen molar-refractivity contribution in [1.29, 1.82) is 0 Å². The molecular weight excluding hydrogens is 268 g/mol. The highest BCUT2D eigenvalue weighted by Crippen LogP contribution is 2.26. The van der Waals surface area contributed by atoms with Crippen LogP contribution in [0.3, 0.4) is 0 Å². The lowest BCUT2D eigenvalue weighted by atomic mass is 9.88. The van der Waals surface area contributed by atoms with Gasteiger partial charge in [-0.05, 0) is 60.9 Å². The molecule has 0 bridgehead atoms. The van der Waals surface area contributed by atoms with E-state index >= 15 is 0 Å². The third kappa shape index (κ3) is 2.98. The molecule has 0 amide bonds. The fourth-order valence-electron chi connectivity index (χ4n) is 3.05. The number of fused-ring (bicyclic) bond motifs is 1. The lowest BCUT2D eigenvalue weighted by Crippen LogP contribution is -2.16. The summed E-state index contributed by atoms with van der Waals surface area (Å²) in [4.78, 5) is 0. The first-order chi connectivity index (χ1) is 10.1. The molecule has 0 radical (unpaired) electrons. The molecule has 0 spiro atoms. The van der Waals surface area contributed by atoms with Crippen LogP contribution < -0.4 is 5.73 Å². The van der Waals surface area contributed by atoms with Gasteiger partial charge in [0.25, 0.3) is 0 Å². The van der Waals surface area contributed by atoms with E-state index in [4.69, 9.17) is 5.73 Å². The molecule has 3 heteroatoms. The molecule has 0 aromatic heterocycles. The van der Waals surface area contributed by atoms with Crippen molar-refractivity contribution >= 4 is 0 Å². The Hall–Kier alpha value is -1.74. The van der Waals surface area contributed by atoms with Crippen molar-refractivity contribution in [3.05, 3.63) is 70.3 Å². The minimum Gasteiger partial charge on any atom is -0.324 e. The van der Waals surface area contributed by atoms with E-state index < -0.39 is 11.6 Å². The largest absolute Gasteiger partial charge is 0.324 e. The normalized spacial score (nSPS) is 15.6. The molecule has 1 aliphatic carbocycles. The third-order valence-electron chi connectivity index (χ3n) is 4.29. The number of rotatable bonds is 3. The number of hydrogen-bond acceptors (Lipinski definition) is 1. The van der Waals surface area contributed by atoms with Crippen molar-refractivity contribution < 1.29 is 8.78 Å². The predicted molar refractivity (Wildman–Crippen MR) is 80.1 cm³/mol. The van der Waals surface area contributed by atoms with Gasteiger partial charge in [-0.2, -0.15) is 0 Å². The van der Waals surface area contributed by atoms with Crippen molar-refractivity contribution in [2.75, 3.05) is 0 Å². The SMILES string of the molecule is NC(Cc1c(F)cccc1F)c1ccc2c(c1)CCCC2. The first-order valence-electron chi connectivity index (χ1n) is 7.45. The minimum atomic E-state index is -0.525. The Morgan fingerprint density at radius 3 is 2.33 bits per heavy atom. The molecule has 2 aromatic carbocycles. The highest BCUT2D eigenvalue weighted by molar-refractivity contribution is 5.36. The maximum Gasteiger partial charge on any atom is 0.129 e. The van der Waals surface area contributed by atoms with Crippen molar-refractivity contribution in [3.8, 4) is 0 Å². The molecule has 1 nitrogen and oxygen atoms in total. The summed E-state index contributed by atoms with van der Waals surface area (Å²) < 4.78 is 27.4. The van der Waals surface area contributed by atoms with Gasteiger partial charge in [0.15, 0.2) is 0 Å². The average Bonchev–Trinajstić information content (AvgIpc) is 2.50. The molecule has 1 atom stereocenters. The Balaban J connectivity index is 1.84. The fourth-order valence-corrected chi connectivity index (χ4v) is 3.05. The lowest BCUT2D eigenvalue weighted by Gasteiger charge is -2.19. The molecule has 0 saturated carbocycles. The van der Waals surface area contributed by atoms with E-state index in [9.17, 15) is 8.78 Å². The standard InChI is InChI=1S/C18H19F2N/c19-16-6-3-7-17(20)15(16)11-18(21)14-9-8-12-4-1-2-5-13(12)10-14/h3,6-10,18H,1-2,4-5,11,21H2. The molecule has 0 saturated heterocycles. The van der Waals surface area contributed by atoms with Crippen LogP contribution in [0.25, 0.3) is 0 Å². The van der Waals surface area contributed by atoms with Crippen LogP contribution in [0.2, 0.25) is 0 Å². The maximum absolute atomic E-state index is 13.7. The fraction of sp³-hybridized carbons (Fsp3) is 0.333. The van der Waals surface area contributed by atoms with Crippen molar-refractivity contribution in [2.45, 2.75) is 38.1 Å². The summed E-state index contributed by atoms with van der Waals surface area (Å²) >= 11 is 0. The summed E-state index contributed by atoms with van der Waals surface area (Å²) in [6.07, 6.45) is 4.81. The molecule has 2 N–H and O–H groups in total. The van der Waals surface area contributed by atoms with E-state index in [-0.39, 0.29) is 18.0 Å². The van der Waals surface area contributed by atoms with Gasteiger partial charge in [0.05, 0.1) is 0 Å². The zero-order valence-corrected chi connectivity index (χ0v) is 11.9. The molecule has 21 heavy (non-hydrogen) atoms. The summed E-state index contributed by atoms with van der Waals surface area (Å²) in [5, 5.41) is 0. The number of halogens is 2. The van der Waals surface area contributed by atoms with Crippen LogP contribution in [0.4, 0.5) is 8.78 Å². The Kier molecular flexibility index (Phi) is 4.02. The summed E-state index contributed by atoms with van der Waals surface area (Å²) in [6.45, 7) is 0. The van der Waals surface area contributed by atoms with E-state index in [1.165, 1.54) is 42.2 Å². The summed E-state index contributed by atoms with van der Waals surface area (Å²) in [5.41, 5.74) is 9.91. The lowest BCUT2D eigenvalue weighted by molar-refractivity contribution is 0.539. The number of hydrogen-bond donors (Lipinski definition) is 1. The van der Waals surface area contributed by atoms with Gasteiger partial charge in [-0.1, -0.05) is 24.3 Å². The van der Waals surface area contributed by atoms with Gasteiger partial charge in [0.2, 0.25) is 0 Å². The van der Waals surface area contributed by atoms with Crippen LogP contribution in [0, 0.1) is 11.6 Å². The van der Waals surface area contributed by atoms with Gasteiger partial charge in [-0.25, -0.2) is 8.78 Å². The predicted octanol–water partition coefficient (Wildman–Crippen LogP) is 4.09. The Morgan fingerprint density at radius 2 is 1.62 bits per heavy atom. The Morgan fingerprint density at radius 1 is 0.952 bits per heavy atom. The molecular formula is C18H19F2N. The van der Waals surface area contributed by atoms with Gasteiger partial charge < -0.3 is 5.73 Å². The Bertz CT molecular complexity index is 631. The smallest absolute Gasteiger partial charge is 0.129 e. The van der Waals surface area contributed by atoms with Crippen LogP contribution in [-0.2, 0) is 19.3 Å². The molecule has 0 heterocycles. The zero-order chi connectivity index (χ0) is 14.8. The number of nitrogens with two attached hydrogens (primary N) is 1. The van der Waals surface area contributed by atoms with Crippen LogP contribution in [0.1, 0.15) is 41.1 Å². The van der Waals surface area contributed by atoms with Gasteiger partial charge in [-0.15, -0.1) is 0 Å². The monoisotopic (exact) mass is 287 g/mol. The van der Waals surface area contributed by atoms with E-state index in [0.717, 1.165) is 18.4 Å².